The molecule has 1 aliphatic rings. The van der Waals surface area contributed by atoms with Crippen LogP contribution in [0.5, 0.6) is 0 Å². The molecule has 132 valence electrons. The van der Waals surface area contributed by atoms with Crippen molar-refractivity contribution in [3.8, 4) is 6.07 Å². The van der Waals surface area contributed by atoms with Crippen molar-refractivity contribution in [3.63, 3.8) is 0 Å². The Morgan fingerprint density at radius 3 is 2.52 bits per heavy atom. The number of methoxy groups -OCH3 is 1. The zero-order chi connectivity index (χ0) is 18.2. The second-order valence-corrected chi connectivity index (χ2v) is 6.35. The van der Waals surface area contributed by atoms with Gasteiger partial charge in [0.15, 0.2) is 0 Å². The monoisotopic (exact) mass is 359 g/mol. The van der Waals surface area contributed by atoms with Crippen LogP contribution in [0.3, 0.4) is 0 Å². The highest BCUT2D eigenvalue weighted by molar-refractivity contribution is 8.02. The number of esters is 1. The Kier molecular flexibility index (Phi) is 6.90. The summed E-state index contributed by atoms with van der Waals surface area (Å²) in [7, 11) is 1.31. The first-order chi connectivity index (χ1) is 12.1. The predicted molar refractivity (Wildman–Crippen MR) is 98.0 cm³/mol. The van der Waals surface area contributed by atoms with Crippen LogP contribution in [0.15, 0.2) is 34.9 Å². The average molecular weight is 359 g/mol. The first kappa shape index (κ1) is 18.9. The third-order valence-corrected chi connectivity index (χ3v) is 4.70. The molecule has 6 nitrogen and oxygen atoms in total. The van der Waals surface area contributed by atoms with E-state index < -0.39 is 5.97 Å². The number of amides is 1. The SMILES string of the molecule is COC(=O)c1ccccc1NC(SC)=C(C#N)C(=O)N1CCCCC1. The summed E-state index contributed by atoms with van der Waals surface area (Å²) in [4.78, 5) is 26.3. The van der Waals surface area contributed by atoms with Gasteiger partial charge in [-0.15, -0.1) is 11.8 Å². The molecular formula is C18H21N3O3S. The third-order valence-electron chi connectivity index (χ3n) is 3.98. The topological polar surface area (TPSA) is 82.4 Å². The van der Waals surface area contributed by atoms with Crippen molar-refractivity contribution in [2.45, 2.75) is 19.3 Å². The molecule has 0 aliphatic carbocycles. The smallest absolute Gasteiger partial charge is 0.339 e. The van der Waals surface area contributed by atoms with Gasteiger partial charge in [0.05, 0.1) is 23.4 Å². The van der Waals surface area contributed by atoms with Crippen LogP contribution < -0.4 is 5.32 Å². The van der Waals surface area contributed by atoms with E-state index in [1.54, 1.807) is 35.4 Å². The molecule has 1 amide bonds. The number of thioether (sulfide) groups is 1. The summed E-state index contributed by atoms with van der Waals surface area (Å²) in [6, 6.07) is 8.86. The van der Waals surface area contributed by atoms with Crippen LogP contribution in [-0.4, -0.2) is 43.2 Å². The van der Waals surface area contributed by atoms with Gasteiger partial charge in [-0.1, -0.05) is 12.1 Å². The molecule has 0 atom stereocenters. The van der Waals surface area contributed by atoms with E-state index in [0.717, 1.165) is 19.3 Å². The maximum Gasteiger partial charge on any atom is 0.339 e. The van der Waals surface area contributed by atoms with Crippen molar-refractivity contribution < 1.29 is 14.3 Å². The molecule has 1 saturated heterocycles. The minimum absolute atomic E-state index is 0.0640. The van der Waals surface area contributed by atoms with Crippen LogP contribution in [0, 0.1) is 11.3 Å². The Hall–Kier alpha value is -2.46. The molecule has 0 saturated carbocycles. The molecule has 2 rings (SSSR count). The van der Waals surface area contributed by atoms with Crippen LogP contribution in [0.4, 0.5) is 5.69 Å². The molecule has 1 aliphatic heterocycles. The van der Waals surface area contributed by atoms with Gasteiger partial charge in [-0.25, -0.2) is 4.79 Å². The summed E-state index contributed by atoms with van der Waals surface area (Å²) in [6.07, 6.45) is 4.80. The van der Waals surface area contributed by atoms with Crippen molar-refractivity contribution in [3.05, 3.63) is 40.4 Å². The molecule has 7 heteroatoms. The normalized spacial score (nSPS) is 15.0. The largest absolute Gasteiger partial charge is 0.465 e. The lowest BCUT2D eigenvalue weighted by Gasteiger charge is -2.27. The first-order valence-electron chi connectivity index (χ1n) is 8.04. The van der Waals surface area contributed by atoms with Gasteiger partial charge >= 0.3 is 5.97 Å². The lowest BCUT2D eigenvalue weighted by molar-refractivity contribution is -0.127. The van der Waals surface area contributed by atoms with Gasteiger partial charge in [-0.05, 0) is 37.7 Å². The molecule has 0 bridgehead atoms. The second kappa shape index (κ2) is 9.14. The van der Waals surface area contributed by atoms with Gasteiger partial charge in [-0.2, -0.15) is 5.26 Å². The molecule has 0 aromatic heterocycles. The zero-order valence-corrected chi connectivity index (χ0v) is 15.2. The minimum Gasteiger partial charge on any atom is -0.465 e. The number of carbonyl (C=O) groups excluding carboxylic acids is 2. The van der Waals surface area contributed by atoms with E-state index in [1.807, 2.05) is 6.07 Å². The number of para-hydroxylation sites is 1. The second-order valence-electron chi connectivity index (χ2n) is 5.54. The van der Waals surface area contributed by atoms with E-state index in [0.29, 0.717) is 29.4 Å². The molecule has 25 heavy (non-hydrogen) atoms. The van der Waals surface area contributed by atoms with Crippen molar-refractivity contribution in [2.75, 3.05) is 31.8 Å². The summed E-state index contributed by atoms with van der Waals surface area (Å²) in [5.41, 5.74) is 0.909. The summed E-state index contributed by atoms with van der Waals surface area (Å²) >= 11 is 1.26. The van der Waals surface area contributed by atoms with Gasteiger partial charge < -0.3 is 15.0 Å². The highest BCUT2D eigenvalue weighted by Gasteiger charge is 2.24. The van der Waals surface area contributed by atoms with Crippen LogP contribution in [0.25, 0.3) is 0 Å². The highest BCUT2D eigenvalue weighted by Crippen LogP contribution is 2.25. The number of nitrogens with zero attached hydrogens (tertiary/aromatic N) is 2. The van der Waals surface area contributed by atoms with Gasteiger partial charge in [-0.3, -0.25) is 4.79 Å². The van der Waals surface area contributed by atoms with E-state index in [2.05, 4.69) is 5.32 Å². The molecule has 0 radical (unpaired) electrons. The number of rotatable bonds is 5. The third kappa shape index (κ3) is 4.54. The van der Waals surface area contributed by atoms with Crippen LogP contribution in [0.1, 0.15) is 29.6 Å². The molecule has 1 fully saturated rings. The summed E-state index contributed by atoms with van der Waals surface area (Å²) in [6.45, 7) is 1.34. The first-order valence-corrected chi connectivity index (χ1v) is 9.26. The lowest BCUT2D eigenvalue weighted by atomic mass is 10.1. The van der Waals surface area contributed by atoms with Crippen molar-refractivity contribution in [1.29, 1.82) is 5.26 Å². The van der Waals surface area contributed by atoms with Crippen molar-refractivity contribution in [1.82, 2.24) is 4.90 Å². The zero-order valence-electron chi connectivity index (χ0n) is 14.4. The number of benzene rings is 1. The van der Waals surface area contributed by atoms with E-state index in [1.165, 1.54) is 18.9 Å². The van der Waals surface area contributed by atoms with E-state index in [4.69, 9.17) is 4.74 Å². The maximum atomic E-state index is 12.7. The lowest BCUT2D eigenvalue weighted by Crippen LogP contribution is -2.37. The number of ether oxygens (including phenoxy) is 1. The Morgan fingerprint density at radius 1 is 1.24 bits per heavy atom. The standard InChI is InChI=1S/C18H21N3O3S/c1-24-18(23)13-8-4-5-9-15(13)20-16(25-2)14(12-19)17(22)21-10-6-3-7-11-21/h4-5,8-9,20H,3,6-7,10-11H2,1-2H3. The highest BCUT2D eigenvalue weighted by atomic mass is 32.2. The minimum atomic E-state index is -0.482. The van der Waals surface area contributed by atoms with Crippen LogP contribution >= 0.6 is 11.8 Å². The summed E-state index contributed by atoms with van der Waals surface area (Å²) in [5, 5.41) is 13.0. The number of anilines is 1. The number of hydrogen-bond donors (Lipinski definition) is 1. The number of nitrogens with one attached hydrogen (secondary N) is 1. The van der Waals surface area contributed by atoms with Crippen LogP contribution in [-0.2, 0) is 9.53 Å². The quantitative estimate of drug-likeness (QED) is 0.494. The fourth-order valence-electron chi connectivity index (χ4n) is 2.67. The fraction of sp³-hybridized carbons (Fsp3) is 0.389. The number of nitriles is 1. The Balaban J connectivity index is 2.33. The maximum absolute atomic E-state index is 12.7. The van der Waals surface area contributed by atoms with Crippen molar-refractivity contribution in [2.24, 2.45) is 0 Å². The molecular weight excluding hydrogens is 338 g/mol. The molecule has 1 N–H and O–H groups in total. The number of carbonyl (C=O) groups is 2. The molecule has 1 aromatic rings. The number of piperidine rings is 1. The van der Waals surface area contributed by atoms with E-state index in [-0.39, 0.29) is 11.5 Å². The van der Waals surface area contributed by atoms with Gasteiger partial charge in [0.2, 0.25) is 0 Å². The Bertz CT molecular complexity index is 719. The average Bonchev–Trinajstić information content (AvgIpc) is 2.67. The molecule has 0 unspecified atom stereocenters. The summed E-state index contributed by atoms with van der Waals surface area (Å²) in [5.74, 6) is -0.751. The van der Waals surface area contributed by atoms with Gasteiger partial charge in [0, 0.05) is 13.1 Å². The van der Waals surface area contributed by atoms with E-state index >= 15 is 0 Å². The number of likely N-dealkylation sites (tertiary alicyclic amines) is 1. The predicted octanol–water partition coefficient (Wildman–Crippen LogP) is 3.00. The molecule has 0 spiro atoms. The van der Waals surface area contributed by atoms with Crippen molar-refractivity contribution >= 4 is 29.3 Å². The Labute approximate surface area is 151 Å². The summed E-state index contributed by atoms with van der Waals surface area (Å²) < 4.78 is 4.78. The van der Waals surface area contributed by atoms with E-state index in [9.17, 15) is 14.9 Å². The van der Waals surface area contributed by atoms with Gasteiger partial charge in [0.1, 0.15) is 11.6 Å². The molecule has 1 heterocycles. The Morgan fingerprint density at radius 2 is 1.92 bits per heavy atom. The number of hydrogen-bond acceptors (Lipinski definition) is 6. The molecule has 1 aromatic carbocycles. The fourth-order valence-corrected chi connectivity index (χ4v) is 3.22. The van der Waals surface area contributed by atoms with Gasteiger partial charge in [0.25, 0.3) is 5.91 Å². The van der Waals surface area contributed by atoms with Crippen LogP contribution in [0.2, 0.25) is 0 Å².